The molecule has 128 valence electrons. The highest BCUT2D eigenvalue weighted by Gasteiger charge is 2.04. The average Bonchev–Trinajstić information content (AvgIpc) is 3.07. The van der Waals surface area contributed by atoms with Crippen LogP contribution in [0.3, 0.4) is 0 Å². The number of rotatable bonds is 6. The standard InChI is InChI=1S/C19H20N4OS/c1-14-13-25-19(21-14)22-20-12-15-4-6-16(7-5-15)23(2)17-8-10-18(24-3)11-9-17/h4-13H,1-3H3,(H,21,22). The van der Waals surface area contributed by atoms with E-state index in [1.165, 1.54) is 11.3 Å². The molecular formula is C19H20N4OS. The lowest BCUT2D eigenvalue weighted by molar-refractivity contribution is 0.415. The molecule has 3 rings (SSSR count). The maximum atomic E-state index is 5.20. The van der Waals surface area contributed by atoms with E-state index in [1.54, 1.807) is 13.3 Å². The topological polar surface area (TPSA) is 49.8 Å². The second-order valence-corrected chi connectivity index (χ2v) is 6.37. The van der Waals surface area contributed by atoms with Crippen molar-refractivity contribution in [2.24, 2.45) is 5.10 Å². The van der Waals surface area contributed by atoms with Crippen LogP contribution in [0.5, 0.6) is 5.75 Å². The van der Waals surface area contributed by atoms with Crippen LogP contribution < -0.4 is 15.1 Å². The summed E-state index contributed by atoms with van der Waals surface area (Å²) in [5.74, 6) is 0.853. The van der Waals surface area contributed by atoms with Gasteiger partial charge in [0.1, 0.15) is 5.75 Å². The molecule has 6 heteroatoms. The number of aromatic nitrogens is 1. The van der Waals surface area contributed by atoms with Crippen LogP contribution in [0, 0.1) is 6.92 Å². The van der Waals surface area contributed by atoms with Crippen molar-refractivity contribution in [2.45, 2.75) is 6.92 Å². The van der Waals surface area contributed by atoms with Gasteiger partial charge in [-0.2, -0.15) is 5.10 Å². The first kappa shape index (κ1) is 17.0. The van der Waals surface area contributed by atoms with E-state index in [1.807, 2.05) is 55.7 Å². The molecule has 25 heavy (non-hydrogen) atoms. The summed E-state index contributed by atoms with van der Waals surface area (Å²) in [6, 6.07) is 16.2. The molecule has 0 fully saturated rings. The van der Waals surface area contributed by atoms with E-state index in [-0.39, 0.29) is 0 Å². The second-order valence-electron chi connectivity index (χ2n) is 5.51. The molecule has 1 aromatic heterocycles. The summed E-state index contributed by atoms with van der Waals surface area (Å²) in [6.45, 7) is 1.96. The summed E-state index contributed by atoms with van der Waals surface area (Å²) in [7, 11) is 3.71. The normalized spacial score (nSPS) is 10.8. The Bertz CT molecular complexity index is 841. The number of ether oxygens (including phenoxy) is 1. The van der Waals surface area contributed by atoms with Gasteiger partial charge in [-0.3, -0.25) is 5.43 Å². The van der Waals surface area contributed by atoms with E-state index < -0.39 is 0 Å². The van der Waals surface area contributed by atoms with Gasteiger partial charge in [0.25, 0.3) is 0 Å². The summed E-state index contributed by atoms with van der Waals surface area (Å²) in [6.07, 6.45) is 1.79. The second kappa shape index (κ2) is 7.81. The van der Waals surface area contributed by atoms with Crippen LogP contribution in [-0.2, 0) is 0 Å². The number of benzene rings is 2. The van der Waals surface area contributed by atoms with E-state index in [0.717, 1.165) is 33.5 Å². The Morgan fingerprint density at radius 1 is 1.08 bits per heavy atom. The summed E-state index contributed by atoms with van der Waals surface area (Å²) < 4.78 is 5.20. The molecule has 0 aliphatic carbocycles. The molecule has 0 saturated carbocycles. The Morgan fingerprint density at radius 2 is 1.72 bits per heavy atom. The highest BCUT2D eigenvalue weighted by Crippen LogP contribution is 2.25. The molecule has 0 saturated heterocycles. The lowest BCUT2D eigenvalue weighted by Gasteiger charge is -2.19. The van der Waals surface area contributed by atoms with Crippen molar-refractivity contribution in [3.63, 3.8) is 0 Å². The quantitative estimate of drug-likeness (QED) is 0.517. The molecule has 3 aromatic rings. The number of nitrogens with one attached hydrogen (secondary N) is 1. The van der Waals surface area contributed by atoms with Crippen LogP contribution >= 0.6 is 11.3 Å². The summed E-state index contributed by atoms with van der Waals surface area (Å²) >= 11 is 1.54. The largest absolute Gasteiger partial charge is 0.497 e. The van der Waals surface area contributed by atoms with Gasteiger partial charge in [0.05, 0.1) is 19.0 Å². The SMILES string of the molecule is COc1ccc(N(C)c2ccc(C=NNc3nc(C)cs3)cc2)cc1. The van der Waals surface area contributed by atoms with Gasteiger partial charge in [-0.1, -0.05) is 12.1 Å². The molecule has 0 radical (unpaired) electrons. The zero-order valence-electron chi connectivity index (χ0n) is 14.4. The van der Waals surface area contributed by atoms with E-state index in [2.05, 4.69) is 32.5 Å². The van der Waals surface area contributed by atoms with Crippen molar-refractivity contribution in [3.8, 4) is 5.75 Å². The van der Waals surface area contributed by atoms with Crippen LogP contribution in [0.15, 0.2) is 59.0 Å². The van der Waals surface area contributed by atoms with Gasteiger partial charge in [-0.15, -0.1) is 11.3 Å². The lowest BCUT2D eigenvalue weighted by Crippen LogP contribution is -2.09. The fraction of sp³-hybridized carbons (Fsp3) is 0.158. The van der Waals surface area contributed by atoms with E-state index in [9.17, 15) is 0 Å². The van der Waals surface area contributed by atoms with Crippen LogP contribution in [-0.4, -0.2) is 25.4 Å². The van der Waals surface area contributed by atoms with Crippen molar-refractivity contribution in [3.05, 3.63) is 65.2 Å². The monoisotopic (exact) mass is 352 g/mol. The zero-order valence-corrected chi connectivity index (χ0v) is 15.2. The molecule has 0 atom stereocenters. The predicted octanol–water partition coefficient (Wildman–Crippen LogP) is 4.67. The fourth-order valence-corrected chi connectivity index (χ4v) is 2.94. The maximum Gasteiger partial charge on any atom is 0.203 e. The van der Waals surface area contributed by atoms with E-state index in [4.69, 9.17) is 4.74 Å². The van der Waals surface area contributed by atoms with Crippen molar-refractivity contribution in [2.75, 3.05) is 24.5 Å². The molecule has 0 amide bonds. The first-order valence-electron chi connectivity index (χ1n) is 7.85. The Kier molecular flexibility index (Phi) is 5.30. The highest BCUT2D eigenvalue weighted by atomic mass is 32.1. The summed E-state index contributed by atoms with van der Waals surface area (Å²) in [5, 5.41) is 7.01. The molecule has 1 N–H and O–H groups in total. The molecule has 0 spiro atoms. The van der Waals surface area contributed by atoms with Gasteiger partial charge in [-0.25, -0.2) is 4.98 Å². The Labute approximate surface area is 151 Å². The first-order chi connectivity index (χ1) is 12.2. The van der Waals surface area contributed by atoms with E-state index in [0.29, 0.717) is 0 Å². The minimum absolute atomic E-state index is 0.796. The number of methoxy groups -OCH3 is 1. The molecule has 2 aromatic carbocycles. The van der Waals surface area contributed by atoms with Gasteiger partial charge < -0.3 is 9.64 Å². The van der Waals surface area contributed by atoms with Gasteiger partial charge >= 0.3 is 0 Å². The molecule has 0 unspecified atom stereocenters. The number of thiazole rings is 1. The Balaban J connectivity index is 1.64. The van der Waals surface area contributed by atoms with Crippen LogP contribution in [0.2, 0.25) is 0 Å². The molecule has 0 bridgehead atoms. The Morgan fingerprint density at radius 3 is 2.28 bits per heavy atom. The number of hydrogen-bond donors (Lipinski definition) is 1. The van der Waals surface area contributed by atoms with Crippen molar-refractivity contribution in [1.29, 1.82) is 0 Å². The predicted molar refractivity (Wildman–Crippen MR) is 106 cm³/mol. The fourth-order valence-electron chi connectivity index (χ4n) is 2.31. The molecule has 1 heterocycles. The van der Waals surface area contributed by atoms with Gasteiger partial charge in [0, 0.05) is 23.8 Å². The van der Waals surface area contributed by atoms with Crippen LogP contribution in [0.4, 0.5) is 16.5 Å². The lowest BCUT2D eigenvalue weighted by atomic mass is 10.2. The third-order valence-corrected chi connectivity index (χ3v) is 4.60. The number of hydrogen-bond acceptors (Lipinski definition) is 6. The van der Waals surface area contributed by atoms with Gasteiger partial charge in [-0.05, 0) is 48.9 Å². The molecule has 5 nitrogen and oxygen atoms in total. The van der Waals surface area contributed by atoms with Crippen LogP contribution in [0.1, 0.15) is 11.3 Å². The van der Waals surface area contributed by atoms with Crippen molar-refractivity contribution < 1.29 is 4.74 Å². The van der Waals surface area contributed by atoms with Crippen molar-refractivity contribution >= 4 is 34.1 Å². The van der Waals surface area contributed by atoms with Gasteiger partial charge in [0.2, 0.25) is 5.13 Å². The van der Waals surface area contributed by atoms with Gasteiger partial charge in [0.15, 0.2) is 0 Å². The summed E-state index contributed by atoms with van der Waals surface area (Å²) in [5.41, 5.74) is 7.16. The molecule has 0 aliphatic rings. The number of nitrogens with zero attached hydrogens (tertiary/aromatic N) is 3. The van der Waals surface area contributed by atoms with Crippen molar-refractivity contribution in [1.82, 2.24) is 4.98 Å². The van der Waals surface area contributed by atoms with E-state index >= 15 is 0 Å². The average molecular weight is 352 g/mol. The maximum absolute atomic E-state index is 5.20. The smallest absolute Gasteiger partial charge is 0.203 e. The molecule has 0 aliphatic heterocycles. The Hall–Kier alpha value is -2.86. The first-order valence-corrected chi connectivity index (χ1v) is 8.73. The van der Waals surface area contributed by atoms with Crippen LogP contribution in [0.25, 0.3) is 0 Å². The number of aryl methyl sites for hydroxylation is 1. The minimum Gasteiger partial charge on any atom is -0.497 e. The zero-order chi connectivity index (χ0) is 17.6. The highest BCUT2D eigenvalue weighted by molar-refractivity contribution is 7.13. The number of hydrazone groups is 1. The molecular weight excluding hydrogens is 332 g/mol. The third kappa shape index (κ3) is 4.36. The summed E-state index contributed by atoms with van der Waals surface area (Å²) in [4.78, 5) is 6.43. The third-order valence-electron chi connectivity index (χ3n) is 3.73. The minimum atomic E-state index is 0.796. The number of anilines is 3.